The predicted molar refractivity (Wildman–Crippen MR) is 66.2 cm³/mol. The zero-order valence-electron chi connectivity index (χ0n) is 11.7. The van der Waals surface area contributed by atoms with E-state index in [9.17, 15) is 13.6 Å². The number of halogens is 2. The predicted octanol–water partition coefficient (Wildman–Crippen LogP) is 2.51. The summed E-state index contributed by atoms with van der Waals surface area (Å²) in [6.45, 7) is 5.11. The minimum absolute atomic E-state index is 0.0761. The number of piperidine rings is 1. The van der Waals surface area contributed by atoms with Gasteiger partial charge in [-0.3, -0.25) is 10.00 Å². The van der Waals surface area contributed by atoms with Gasteiger partial charge in [-0.05, 0) is 20.8 Å². The Morgan fingerprint density at radius 2 is 2.25 bits per heavy atom. The molecule has 1 aliphatic heterocycles. The van der Waals surface area contributed by atoms with E-state index >= 15 is 0 Å². The van der Waals surface area contributed by atoms with Crippen LogP contribution in [-0.2, 0) is 4.74 Å². The Bertz CT molecular complexity index is 470. The van der Waals surface area contributed by atoms with Gasteiger partial charge >= 0.3 is 6.09 Å². The summed E-state index contributed by atoms with van der Waals surface area (Å²) in [7, 11) is 0. The highest BCUT2D eigenvalue weighted by Crippen LogP contribution is 2.39. The number of ether oxygens (including phenoxy) is 1. The number of carbonyl (C=O) groups excluding carboxylic acids is 1. The Morgan fingerprint density at radius 3 is 2.80 bits per heavy atom. The second-order valence-electron chi connectivity index (χ2n) is 5.87. The number of likely N-dealkylation sites (tertiary alicyclic amines) is 1. The van der Waals surface area contributed by atoms with Crippen LogP contribution in [0.3, 0.4) is 0 Å². The van der Waals surface area contributed by atoms with Crippen molar-refractivity contribution in [3.8, 4) is 0 Å². The van der Waals surface area contributed by atoms with Gasteiger partial charge in [-0.25, -0.2) is 18.6 Å². The second kappa shape index (κ2) is 4.99. The zero-order chi connectivity index (χ0) is 15.0. The number of nitrogens with one attached hydrogen (secondary N) is 1. The zero-order valence-corrected chi connectivity index (χ0v) is 11.7. The third kappa shape index (κ3) is 3.43. The molecule has 112 valence electrons. The smallest absolute Gasteiger partial charge is 0.410 e. The van der Waals surface area contributed by atoms with E-state index in [2.05, 4.69) is 15.2 Å². The van der Waals surface area contributed by atoms with Crippen molar-refractivity contribution in [3.05, 3.63) is 12.2 Å². The Hall–Kier alpha value is -1.73. The van der Waals surface area contributed by atoms with Crippen molar-refractivity contribution >= 4 is 6.09 Å². The molecule has 1 saturated heterocycles. The van der Waals surface area contributed by atoms with E-state index in [0.29, 0.717) is 0 Å². The summed E-state index contributed by atoms with van der Waals surface area (Å²) in [4.78, 5) is 17.3. The van der Waals surface area contributed by atoms with Crippen molar-refractivity contribution in [2.75, 3.05) is 6.54 Å². The molecule has 20 heavy (non-hydrogen) atoms. The van der Waals surface area contributed by atoms with Crippen molar-refractivity contribution in [1.82, 2.24) is 20.1 Å². The van der Waals surface area contributed by atoms with Crippen LogP contribution in [-0.4, -0.2) is 44.2 Å². The highest BCUT2D eigenvalue weighted by molar-refractivity contribution is 5.68. The number of aromatic amines is 1. The van der Waals surface area contributed by atoms with Crippen molar-refractivity contribution in [2.45, 2.75) is 51.2 Å². The Labute approximate surface area is 115 Å². The minimum Gasteiger partial charge on any atom is -0.444 e. The fourth-order valence-corrected chi connectivity index (χ4v) is 2.09. The fourth-order valence-electron chi connectivity index (χ4n) is 2.09. The first-order chi connectivity index (χ1) is 9.18. The SMILES string of the molecule is CC(C)(C)OC(=O)N1CCC(F)(F)CC1c1ncn[nH]1. The molecule has 6 nitrogen and oxygen atoms in total. The summed E-state index contributed by atoms with van der Waals surface area (Å²) in [5.74, 6) is -2.58. The van der Waals surface area contributed by atoms with Crippen molar-refractivity contribution < 1.29 is 18.3 Å². The second-order valence-corrected chi connectivity index (χ2v) is 5.87. The topological polar surface area (TPSA) is 71.1 Å². The van der Waals surface area contributed by atoms with Crippen molar-refractivity contribution in [3.63, 3.8) is 0 Å². The van der Waals surface area contributed by atoms with Crippen molar-refractivity contribution in [2.24, 2.45) is 0 Å². The first-order valence-corrected chi connectivity index (χ1v) is 6.41. The lowest BCUT2D eigenvalue weighted by Crippen LogP contribution is -2.47. The van der Waals surface area contributed by atoms with E-state index in [0.717, 1.165) is 0 Å². The highest BCUT2D eigenvalue weighted by atomic mass is 19.3. The van der Waals surface area contributed by atoms with Gasteiger partial charge in [-0.15, -0.1) is 0 Å². The molecule has 0 saturated carbocycles. The molecule has 1 aromatic heterocycles. The van der Waals surface area contributed by atoms with Crippen LogP contribution in [0.15, 0.2) is 6.33 Å². The maximum Gasteiger partial charge on any atom is 0.410 e. The molecule has 1 unspecified atom stereocenters. The molecule has 1 N–H and O–H groups in total. The molecule has 0 aromatic carbocycles. The Kier molecular flexibility index (Phi) is 3.66. The molecule has 1 fully saturated rings. The van der Waals surface area contributed by atoms with Crippen LogP contribution in [0.5, 0.6) is 0 Å². The molecule has 1 atom stereocenters. The molecule has 2 rings (SSSR count). The lowest BCUT2D eigenvalue weighted by atomic mass is 9.98. The van der Waals surface area contributed by atoms with Gasteiger partial charge in [-0.1, -0.05) is 0 Å². The number of aromatic nitrogens is 3. The van der Waals surface area contributed by atoms with E-state index in [1.54, 1.807) is 20.8 Å². The van der Waals surface area contributed by atoms with E-state index in [-0.39, 0.29) is 18.8 Å². The normalized spacial score (nSPS) is 22.6. The van der Waals surface area contributed by atoms with Crippen LogP contribution < -0.4 is 0 Å². The number of amides is 1. The molecular weight excluding hydrogens is 270 g/mol. The summed E-state index contributed by atoms with van der Waals surface area (Å²) in [5.41, 5.74) is -0.678. The molecule has 0 spiro atoms. The van der Waals surface area contributed by atoms with E-state index in [1.807, 2.05) is 0 Å². The number of nitrogens with zero attached hydrogens (tertiary/aromatic N) is 3. The van der Waals surface area contributed by atoms with Gasteiger partial charge in [0.05, 0.1) is 0 Å². The molecule has 2 heterocycles. The summed E-state index contributed by atoms with van der Waals surface area (Å²) in [6.07, 6.45) is -0.248. The van der Waals surface area contributed by atoms with Crippen LogP contribution in [0.1, 0.15) is 45.5 Å². The summed E-state index contributed by atoms with van der Waals surface area (Å²) in [5, 5.41) is 6.20. The van der Waals surface area contributed by atoms with Crippen molar-refractivity contribution in [1.29, 1.82) is 0 Å². The third-order valence-corrected chi connectivity index (χ3v) is 2.96. The van der Waals surface area contributed by atoms with Crippen LogP contribution in [0.2, 0.25) is 0 Å². The molecular formula is C12H18F2N4O2. The van der Waals surface area contributed by atoms with E-state index in [4.69, 9.17) is 4.74 Å². The van der Waals surface area contributed by atoms with Crippen LogP contribution in [0, 0.1) is 0 Å². The first kappa shape index (κ1) is 14.7. The van der Waals surface area contributed by atoms with E-state index in [1.165, 1.54) is 11.2 Å². The van der Waals surface area contributed by atoms with Gasteiger partial charge in [0.25, 0.3) is 5.92 Å². The molecule has 1 amide bonds. The largest absolute Gasteiger partial charge is 0.444 e. The molecule has 0 radical (unpaired) electrons. The average Bonchev–Trinajstić information content (AvgIpc) is 2.78. The summed E-state index contributed by atoms with van der Waals surface area (Å²) >= 11 is 0. The number of hydrogen-bond donors (Lipinski definition) is 1. The average molecular weight is 288 g/mol. The molecule has 8 heteroatoms. The number of carbonyl (C=O) groups is 1. The first-order valence-electron chi connectivity index (χ1n) is 6.41. The Balaban J connectivity index is 2.20. The standard InChI is InChI=1S/C12H18F2N4O2/c1-11(2,3)20-10(19)18-5-4-12(13,14)6-8(18)9-15-7-16-17-9/h7-8H,4-6H2,1-3H3,(H,15,16,17). The van der Waals surface area contributed by atoms with E-state index < -0.39 is 30.1 Å². The number of alkyl halides is 2. The maximum absolute atomic E-state index is 13.6. The molecule has 0 bridgehead atoms. The highest BCUT2D eigenvalue weighted by Gasteiger charge is 2.45. The molecule has 1 aromatic rings. The quantitative estimate of drug-likeness (QED) is 0.862. The number of H-pyrrole nitrogens is 1. The van der Waals surface area contributed by atoms with Gasteiger partial charge in [0, 0.05) is 19.4 Å². The summed E-state index contributed by atoms with van der Waals surface area (Å²) in [6, 6.07) is -0.851. The fraction of sp³-hybridized carbons (Fsp3) is 0.750. The molecule has 1 aliphatic rings. The third-order valence-electron chi connectivity index (χ3n) is 2.96. The van der Waals surface area contributed by atoms with Crippen LogP contribution >= 0.6 is 0 Å². The van der Waals surface area contributed by atoms with Crippen LogP contribution in [0.25, 0.3) is 0 Å². The molecule has 0 aliphatic carbocycles. The lowest BCUT2D eigenvalue weighted by Gasteiger charge is -2.38. The summed E-state index contributed by atoms with van der Waals surface area (Å²) < 4.78 is 32.4. The Morgan fingerprint density at radius 1 is 1.55 bits per heavy atom. The number of rotatable bonds is 1. The van der Waals surface area contributed by atoms with Gasteiger partial charge in [-0.2, -0.15) is 5.10 Å². The number of hydrogen-bond acceptors (Lipinski definition) is 4. The minimum atomic E-state index is -2.82. The van der Waals surface area contributed by atoms with Gasteiger partial charge in [0.1, 0.15) is 23.8 Å². The lowest BCUT2D eigenvalue weighted by molar-refractivity contribution is -0.0823. The van der Waals surface area contributed by atoms with Gasteiger partial charge in [0.15, 0.2) is 0 Å². The maximum atomic E-state index is 13.6. The monoisotopic (exact) mass is 288 g/mol. The van der Waals surface area contributed by atoms with Gasteiger partial charge < -0.3 is 4.74 Å². The van der Waals surface area contributed by atoms with Gasteiger partial charge in [0.2, 0.25) is 0 Å². The van der Waals surface area contributed by atoms with Crippen LogP contribution in [0.4, 0.5) is 13.6 Å².